The maximum atomic E-state index is 6.63. The van der Waals surface area contributed by atoms with Gasteiger partial charge in [-0.25, -0.2) is 15.0 Å². The lowest BCUT2D eigenvalue weighted by atomic mass is 9.76. The van der Waals surface area contributed by atoms with E-state index in [1.54, 1.807) is 20.5 Å². The number of imidazole rings is 1. The van der Waals surface area contributed by atoms with Crippen LogP contribution in [-0.4, -0.2) is 81.3 Å². The summed E-state index contributed by atoms with van der Waals surface area (Å²) in [5, 5.41) is 4.40. The molecule has 8 rings (SSSR count). The van der Waals surface area contributed by atoms with Crippen molar-refractivity contribution in [3.8, 4) is 11.5 Å². The predicted molar refractivity (Wildman–Crippen MR) is 204 cm³/mol. The molecule has 11 nitrogen and oxygen atoms in total. The van der Waals surface area contributed by atoms with Gasteiger partial charge in [0, 0.05) is 37.2 Å². The molecule has 2 aromatic carbocycles. The molecule has 2 aliphatic carbocycles. The van der Waals surface area contributed by atoms with E-state index in [2.05, 4.69) is 83.0 Å². The van der Waals surface area contributed by atoms with Crippen LogP contribution < -0.4 is 14.8 Å². The van der Waals surface area contributed by atoms with Gasteiger partial charge in [0.15, 0.2) is 5.79 Å². The van der Waals surface area contributed by atoms with Crippen molar-refractivity contribution in [3.63, 3.8) is 0 Å². The number of hydrogen-bond acceptors (Lipinski definition) is 9. The Labute approximate surface area is 306 Å². The molecule has 3 fully saturated rings. The third kappa shape index (κ3) is 6.63. The van der Waals surface area contributed by atoms with Crippen molar-refractivity contribution in [2.45, 2.75) is 102 Å². The maximum absolute atomic E-state index is 6.63. The fourth-order valence-corrected chi connectivity index (χ4v) is 8.68. The summed E-state index contributed by atoms with van der Waals surface area (Å²) >= 11 is 0. The molecule has 3 aliphatic rings. The SMILES string of the molecule is COc1ccc(Nc2ncnc3c2ccn3[C@@H]2C[C@H](CN(C)C3CC(CCc4nc5cc(C(C)(C)C)ccc5[nH]4)C3)[C@H]3OC(C)(C)OC23)c(OC)c1. The van der Waals surface area contributed by atoms with Gasteiger partial charge in [-0.3, -0.25) is 0 Å². The van der Waals surface area contributed by atoms with Crippen LogP contribution in [-0.2, 0) is 21.3 Å². The largest absolute Gasteiger partial charge is 0.497 e. The monoisotopic (exact) mass is 707 g/mol. The lowest BCUT2D eigenvalue weighted by molar-refractivity contribution is -0.161. The number of aromatic amines is 1. The topological polar surface area (TPSA) is 112 Å². The molecule has 0 bridgehead atoms. The van der Waals surface area contributed by atoms with Crippen LogP contribution in [0.4, 0.5) is 11.5 Å². The zero-order valence-corrected chi connectivity index (χ0v) is 31.8. The van der Waals surface area contributed by atoms with Crippen LogP contribution >= 0.6 is 0 Å². The molecule has 5 aromatic rings. The molecule has 0 spiro atoms. The summed E-state index contributed by atoms with van der Waals surface area (Å²) < 4.78 is 26.5. The molecule has 1 unspecified atom stereocenters. The van der Waals surface area contributed by atoms with E-state index in [0.717, 1.165) is 70.5 Å². The van der Waals surface area contributed by atoms with Crippen molar-refractivity contribution in [1.29, 1.82) is 0 Å². The van der Waals surface area contributed by atoms with Gasteiger partial charge in [-0.15, -0.1) is 0 Å². The average molecular weight is 708 g/mol. The first-order valence-electron chi connectivity index (χ1n) is 18.7. The Morgan fingerprint density at radius 2 is 1.81 bits per heavy atom. The highest BCUT2D eigenvalue weighted by Crippen LogP contribution is 2.49. The number of methoxy groups -OCH3 is 2. The average Bonchev–Trinajstić information content (AvgIpc) is 3.85. The van der Waals surface area contributed by atoms with Gasteiger partial charge in [0.1, 0.15) is 41.2 Å². The van der Waals surface area contributed by atoms with E-state index < -0.39 is 5.79 Å². The summed E-state index contributed by atoms with van der Waals surface area (Å²) in [4.78, 5) is 20.5. The molecule has 1 aliphatic heterocycles. The van der Waals surface area contributed by atoms with E-state index in [9.17, 15) is 0 Å². The molecule has 276 valence electrons. The Morgan fingerprint density at radius 3 is 2.58 bits per heavy atom. The molecule has 2 N–H and O–H groups in total. The molecule has 11 heteroatoms. The molecule has 52 heavy (non-hydrogen) atoms. The predicted octanol–water partition coefficient (Wildman–Crippen LogP) is 7.79. The van der Waals surface area contributed by atoms with Crippen molar-refractivity contribution in [3.05, 3.63) is 66.4 Å². The Hall–Kier alpha value is -4.19. The smallest absolute Gasteiger partial charge is 0.163 e. The zero-order chi connectivity index (χ0) is 36.4. The number of aromatic nitrogens is 5. The van der Waals surface area contributed by atoms with Gasteiger partial charge in [-0.2, -0.15) is 0 Å². The number of benzene rings is 2. The molecular formula is C41H53N7O4. The first-order valence-corrected chi connectivity index (χ1v) is 18.7. The van der Waals surface area contributed by atoms with Crippen LogP contribution in [0.15, 0.2) is 55.0 Å². The van der Waals surface area contributed by atoms with E-state index in [0.29, 0.717) is 17.7 Å². The first-order chi connectivity index (χ1) is 24.9. The third-order valence-corrected chi connectivity index (χ3v) is 11.6. The number of nitrogens with one attached hydrogen (secondary N) is 2. The van der Waals surface area contributed by atoms with Crippen LogP contribution in [0, 0.1) is 11.8 Å². The molecule has 4 atom stereocenters. The van der Waals surface area contributed by atoms with Crippen LogP contribution in [0.25, 0.3) is 22.1 Å². The Balaban J connectivity index is 0.918. The van der Waals surface area contributed by atoms with Crippen LogP contribution in [0.3, 0.4) is 0 Å². The Kier molecular flexibility index (Phi) is 8.95. The third-order valence-electron chi connectivity index (χ3n) is 11.6. The molecule has 2 saturated carbocycles. The van der Waals surface area contributed by atoms with Gasteiger partial charge in [0.2, 0.25) is 0 Å². The highest BCUT2D eigenvalue weighted by atomic mass is 16.8. The van der Waals surface area contributed by atoms with E-state index in [1.807, 2.05) is 32.0 Å². The van der Waals surface area contributed by atoms with E-state index in [4.69, 9.17) is 28.9 Å². The van der Waals surface area contributed by atoms with Crippen LogP contribution in [0.5, 0.6) is 11.5 Å². The minimum atomic E-state index is -0.632. The summed E-state index contributed by atoms with van der Waals surface area (Å²) in [5.74, 6) is 3.66. The zero-order valence-electron chi connectivity index (χ0n) is 31.8. The molecule has 0 amide bonds. The summed E-state index contributed by atoms with van der Waals surface area (Å²) in [7, 11) is 5.59. The van der Waals surface area contributed by atoms with Crippen molar-refractivity contribution in [1.82, 2.24) is 29.4 Å². The van der Waals surface area contributed by atoms with E-state index in [-0.39, 0.29) is 23.7 Å². The lowest BCUT2D eigenvalue weighted by Crippen LogP contribution is -2.46. The number of hydrogen-bond donors (Lipinski definition) is 2. The Bertz CT molecular complexity index is 2060. The van der Waals surface area contributed by atoms with Gasteiger partial charge in [-0.1, -0.05) is 26.8 Å². The summed E-state index contributed by atoms with van der Waals surface area (Å²) in [6.07, 6.45) is 9.28. The number of fused-ring (bicyclic) bond motifs is 3. The van der Waals surface area contributed by atoms with Crippen LogP contribution in [0.2, 0.25) is 0 Å². The van der Waals surface area contributed by atoms with Crippen molar-refractivity contribution in [2.75, 3.05) is 33.1 Å². The molecule has 4 heterocycles. The second-order valence-electron chi connectivity index (χ2n) is 16.6. The molecule has 1 saturated heterocycles. The fraction of sp³-hybridized carbons (Fsp3) is 0.537. The van der Waals surface area contributed by atoms with Crippen molar-refractivity contribution >= 4 is 33.6 Å². The number of nitrogens with zero attached hydrogens (tertiary/aromatic N) is 5. The summed E-state index contributed by atoms with van der Waals surface area (Å²) in [5.41, 5.74) is 5.33. The fourth-order valence-electron chi connectivity index (χ4n) is 8.68. The quantitative estimate of drug-likeness (QED) is 0.142. The number of H-pyrrole nitrogens is 1. The van der Waals surface area contributed by atoms with Crippen molar-refractivity contribution in [2.24, 2.45) is 11.8 Å². The minimum absolute atomic E-state index is 0.0191. The summed E-state index contributed by atoms with van der Waals surface area (Å²) in [6, 6.07) is 15.1. The molecular weight excluding hydrogens is 654 g/mol. The van der Waals surface area contributed by atoms with Gasteiger partial charge < -0.3 is 38.7 Å². The Morgan fingerprint density at radius 1 is 1.00 bits per heavy atom. The standard InChI is InChI=1S/C41H53N7O4/c1-40(2,3)26-10-12-30-32(20-26)45-35(44-30)14-9-24-17-27(18-24)47(6)22-25-19-33(37-36(25)51-41(4,5)52-37)48-16-15-29-38(42-23-43-39(29)48)46-31-13-11-28(49-7)21-34(31)50-8/h10-13,15-16,20-21,23-25,27,33,36-37H,9,14,17-19,22H2,1-8H3,(H,44,45)(H,42,43,46)/t24?,25-,27?,33-,36-,37?/m1/s1. The van der Waals surface area contributed by atoms with Gasteiger partial charge in [0.25, 0.3) is 0 Å². The normalized spacial score (nSPS) is 25.5. The van der Waals surface area contributed by atoms with Gasteiger partial charge in [0.05, 0.1) is 48.5 Å². The number of anilines is 2. The molecule has 0 radical (unpaired) electrons. The summed E-state index contributed by atoms with van der Waals surface area (Å²) in [6.45, 7) is 11.8. The van der Waals surface area contributed by atoms with Gasteiger partial charge in [-0.05, 0) is 93.8 Å². The van der Waals surface area contributed by atoms with E-state index in [1.165, 1.54) is 24.8 Å². The highest BCUT2D eigenvalue weighted by molar-refractivity contribution is 5.90. The van der Waals surface area contributed by atoms with Crippen LogP contribution in [0.1, 0.15) is 77.7 Å². The number of aryl methyl sites for hydroxylation is 1. The molecule has 3 aromatic heterocycles. The highest BCUT2D eigenvalue weighted by Gasteiger charge is 2.55. The van der Waals surface area contributed by atoms with Gasteiger partial charge >= 0.3 is 0 Å². The second-order valence-corrected chi connectivity index (χ2v) is 16.6. The maximum Gasteiger partial charge on any atom is 0.163 e. The lowest BCUT2D eigenvalue weighted by Gasteiger charge is -2.42. The number of rotatable bonds is 11. The minimum Gasteiger partial charge on any atom is -0.497 e. The van der Waals surface area contributed by atoms with Crippen molar-refractivity contribution < 1.29 is 18.9 Å². The number of ether oxygens (including phenoxy) is 4. The first kappa shape index (κ1) is 34.9. The van der Waals surface area contributed by atoms with E-state index >= 15 is 0 Å². The second kappa shape index (κ2) is 13.3.